The van der Waals surface area contributed by atoms with Crippen molar-refractivity contribution in [3.63, 3.8) is 0 Å². The number of rotatable bonds is 2. The first-order chi connectivity index (χ1) is 9.61. The summed E-state index contributed by atoms with van der Waals surface area (Å²) in [6.45, 7) is 0. The van der Waals surface area contributed by atoms with E-state index in [2.05, 4.69) is 79.6 Å². The van der Waals surface area contributed by atoms with Crippen molar-refractivity contribution in [3.8, 4) is 0 Å². The van der Waals surface area contributed by atoms with Gasteiger partial charge in [-0.05, 0) is 79.6 Å². The molecule has 0 amide bonds. The molecule has 2 atom stereocenters. The second-order valence-electron chi connectivity index (χ2n) is 4.15. The minimum Gasteiger partial charge on any atom is -0.506 e. The summed E-state index contributed by atoms with van der Waals surface area (Å²) in [6.07, 6.45) is 5.63. The van der Waals surface area contributed by atoms with Crippen LogP contribution in [-0.4, -0.2) is 26.9 Å². The molecule has 2 aliphatic rings. The van der Waals surface area contributed by atoms with Crippen molar-refractivity contribution in [2.24, 2.45) is 0 Å². The lowest BCUT2D eigenvalue weighted by atomic mass is 10.0. The Hall–Kier alpha value is 1.04. The number of allylic oxidation sites excluding steroid dienone is 3. The SMILES string of the molecule is OC1=C(Br)C(O)(OC2(O)[CH]C=C(Br)C(Br)=C2Br)[CH]C=C1Br. The summed E-state index contributed by atoms with van der Waals surface area (Å²) in [4.78, 5) is 0. The largest absolute Gasteiger partial charge is 0.506 e. The molecule has 0 aliphatic heterocycles. The molecule has 0 spiro atoms. The molecule has 2 radical (unpaired) electrons. The van der Waals surface area contributed by atoms with Gasteiger partial charge in [-0.25, -0.2) is 0 Å². The van der Waals surface area contributed by atoms with Crippen molar-refractivity contribution in [3.05, 3.63) is 53.2 Å². The van der Waals surface area contributed by atoms with E-state index in [1.807, 2.05) is 0 Å². The van der Waals surface area contributed by atoms with E-state index in [1.54, 1.807) is 6.08 Å². The topological polar surface area (TPSA) is 69.9 Å². The standard InChI is InChI=1S/C12H7Br5O4/c13-5-1-3-11(19,9(16)7(5)15)21-12(20)4-2-6(14)8(18)10(12)17/h1-4,18-20H. The number of ether oxygens (including phenoxy) is 1. The van der Waals surface area contributed by atoms with Crippen molar-refractivity contribution in [1.82, 2.24) is 0 Å². The van der Waals surface area contributed by atoms with Crippen LogP contribution in [0.1, 0.15) is 0 Å². The molecule has 3 N–H and O–H groups in total. The third-order valence-electron chi connectivity index (χ3n) is 2.69. The van der Waals surface area contributed by atoms with Crippen molar-refractivity contribution in [2.45, 2.75) is 11.6 Å². The summed E-state index contributed by atoms with van der Waals surface area (Å²) < 4.78 is 7.28. The molecule has 0 aromatic heterocycles. The molecule has 0 aromatic carbocycles. The molecule has 2 aliphatic carbocycles. The highest BCUT2D eigenvalue weighted by Gasteiger charge is 2.47. The maximum atomic E-state index is 10.6. The normalized spacial score (nSPS) is 34.0. The van der Waals surface area contributed by atoms with E-state index in [0.717, 1.165) is 0 Å². The maximum absolute atomic E-state index is 10.6. The molecule has 0 saturated heterocycles. The van der Waals surface area contributed by atoms with Crippen LogP contribution in [0.25, 0.3) is 0 Å². The molecule has 2 unspecified atom stereocenters. The highest BCUT2D eigenvalue weighted by molar-refractivity contribution is 9.16. The van der Waals surface area contributed by atoms with Gasteiger partial charge in [0, 0.05) is 21.8 Å². The maximum Gasteiger partial charge on any atom is 0.213 e. The highest BCUT2D eigenvalue weighted by atomic mass is 79.9. The molecule has 114 valence electrons. The Morgan fingerprint density at radius 3 is 1.86 bits per heavy atom. The van der Waals surface area contributed by atoms with Gasteiger partial charge in [-0.3, -0.25) is 0 Å². The van der Waals surface area contributed by atoms with Gasteiger partial charge in [0.1, 0.15) is 5.76 Å². The monoisotopic (exact) mass is 610 g/mol. The van der Waals surface area contributed by atoms with Gasteiger partial charge >= 0.3 is 0 Å². The third kappa shape index (κ3) is 3.45. The van der Waals surface area contributed by atoms with Gasteiger partial charge in [-0.15, -0.1) is 0 Å². The van der Waals surface area contributed by atoms with Crippen LogP contribution >= 0.6 is 79.6 Å². The molecule has 0 saturated carbocycles. The van der Waals surface area contributed by atoms with E-state index in [9.17, 15) is 15.3 Å². The van der Waals surface area contributed by atoms with E-state index in [4.69, 9.17) is 4.74 Å². The number of halogens is 5. The summed E-state index contributed by atoms with van der Waals surface area (Å²) in [5.74, 6) is -4.18. The van der Waals surface area contributed by atoms with Crippen LogP contribution in [0.4, 0.5) is 0 Å². The predicted octanol–water partition coefficient (Wildman–Crippen LogP) is 4.54. The van der Waals surface area contributed by atoms with Gasteiger partial charge in [0.25, 0.3) is 0 Å². The fourth-order valence-corrected chi connectivity index (χ4v) is 4.06. The second-order valence-corrected chi connectivity index (χ2v) is 8.24. The molecule has 0 aromatic rings. The van der Waals surface area contributed by atoms with E-state index in [-0.39, 0.29) is 14.7 Å². The number of aliphatic hydroxyl groups is 3. The summed E-state index contributed by atoms with van der Waals surface area (Å²) in [5, 5.41) is 31.0. The number of aliphatic hydroxyl groups excluding tert-OH is 1. The van der Waals surface area contributed by atoms with Crippen LogP contribution in [0.2, 0.25) is 0 Å². The van der Waals surface area contributed by atoms with Gasteiger partial charge in [-0.2, -0.15) is 0 Å². The average molecular weight is 615 g/mol. The van der Waals surface area contributed by atoms with Crippen LogP contribution in [0.3, 0.4) is 0 Å². The molecule has 4 nitrogen and oxygen atoms in total. The number of hydrogen-bond acceptors (Lipinski definition) is 4. The minimum absolute atomic E-state index is 0.0313. The highest BCUT2D eigenvalue weighted by Crippen LogP contribution is 2.47. The average Bonchev–Trinajstić information content (AvgIpc) is 2.44. The number of hydrogen-bond donors (Lipinski definition) is 3. The van der Waals surface area contributed by atoms with Crippen molar-refractivity contribution in [2.75, 3.05) is 0 Å². The van der Waals surface area contributed by atoms with Gasteiger partial charge in [0.05, 0.1) is 13.4 Å². The first-order valence-corrected chi connectivity index (χ1v) is 9.31. The van der Waals surface area contributed by atoms with E-state index in [0.29, 0.717) is 13.4 Å². The van der Waals surface area contributed by atoms with Crippen molar-refractivity contribution < 1.29 is 20.1 Å². The molecule has 0 fully saturated rings. The fourth-order valence-electron chi connectivity index (χ4n) is 1.60. The first-order valence-electron chi connectivity index (χ1n) is 5.35. The molecular formula is C12H7Br5O4. The molecular weight excluding hydrogens is 608 g/mol. The van der Waals surface area contributed by atoms with Crippen molar-refractivity contribution >= 4 is 79.6 Å². The fraction of sp³-hybridized carbons (Fsp3) is 0.167. The molecule has 0 heterocycles. The van der Waals surface area contributed by atoms with Gasteiger partial charge < -0.3 is 20.1 Å². The van der Waals surface area contributed by atoms with E-state index in [1.165, 1.54) is 18.9 Å². The lowest BCUT2D eigenvalue weighted by molar-refractivity contribution is -0.264. The van der Waals surface area contributed by atoms with Gasteiger partial charge in [0.15, 0.2) is 0 Å². The van der Waals surface area contributed by atoms with Crippen LogP contribution < -0.4 is 0 Å². The summed E-state index contributed by atoms with van der Waals surface area (Å²) in [5.41, 5.74) is 0. The van der Waals surface area contributed by atoms with E-state index < -0.39 is 11.6 Å². The Bertz CT molecular complexity index is 557. The van der Waals surface area contributed by atoms with Gasteiger partial charge in [-0.1, -0.05) is 12.2 Å². The Kier molecular flexibility index (Phi) is 5.69. The molecule has 21 heavy (non-hydrogen) atoms. The third-order valence-corrected chi connectivity index (χ3v) is 7.78. The summed E-state index contributed by atoms with van der Waals surface area (Å²) >= 11 is 16.0. The van der Waals surface area contributed by atoms with Crippen LogP contribution in [0, 0.1) is 12.8 Å². The minimum atomic E-state index is -2.03. The zero-order valence-electron chi connectivity index (χ0n) is 9.95. The second kappa shape index (κ2) is 6.51. The Morgan fingerprint density at radius 2 is 1.29 bits per heavy atom. The zero-order valence-corrected chi connectivity index (χ0v) is 17.9. The first kappa shape index (κ1) is 18.4. The summed E-state index contributed by atoms with van der Waals surface area (Å²) in [6, 6.07) is 0. The van der Waals surface area contributed by atoms with E-state index >= 15 is 0 Å². The smallest absolute Gasteiger partial charge is 0.213 e. The van der Waals surface area contributed by atoms with Crippen LogP contribution in [0.15, 0.2) is 40.3 Å². The Balaban J connectivity index is 2.35. The predicted molar refractivity (Wildman–Crippen MR) is 97.1 cm³/mol. The Labute approximate surface area is 163 Å². The zero-order chi connectivity index (χ0) is 16.0. The van der Waals surface area contributed by atoms with Crippen molar-refractivity contribution in [1.29, 1.82) is 0 Å². The lowest BCUT2D eigenvalue weighted by Gasteiger charge is -2.39. The molecule has 0 bridgehead atoms. The quantitative estimate of drug-likeness (QED) is 0.400. The van der Waals surface area contributed by atoms with Crippen LogP contribution in [0.5, 0.6) is 0 Å². The summed E-state index contributed by atoms with van der Waals surface area (Å²) in [7, 11) is 0. The van der Waals surface area contributed by atoms with Crippen LogP contribution in [-0.2, 0) is 4.74 Å². The lowest BCUT2D eigenvalue weighted by Crippen LogP contribution is -2.47. The molecule has 2 rings (SSSR count). The van der Waals surface area contributed by atoms with Gasteiger partial charge in [0.2, 0.25) is 11.6 Å². The Morgan fingerprint density at radius 1 is 0.810 bits per heavy atom. The molecule has 9 heteroatoms.